The maximum absolute atomic E-state index is 11.6. The Labute approximate surface area is 92.6 Å². The number of nitrogens with one attached hydrogen (secondary N) is 1. The zero-order valence-electron chi connectivity index (χ0n) is 8.90. The smallest absolute Gasteiger partial charge is 0.292 e. The average molecular weight is 222 g/mol. The molecule has 6 nitrogen and oxygen atoms in total. The first-order valence-electron chi connectivity index (χ1n) is 5.59. The van der Waals surface area contributed by atoms with Crippen molar-refractivity contribution in [3.63, 3.8) is 0 Å². The summed E-state index contributed by atoms with van der Waals surface area (Å²) in [5, 5.41) is 6.52. The fraction of sp³-hybridized carbons (Fsp3) is 0.700. The molecule has 1 amide bonds. The number of carbonyl (C=O) groups is 1. The lowest BCUT2D eigenvalue weighted by molar-refractivity contribution is 0.0937. The summed E-state index contributed by atoms with van der Waals surface area (Å²) in [5.74, 6) is 0.392. The summed E-state index contributed by atoms with van der Waals surface area (Å²) in [4.78, 5) is 15.7. The average Bonchev–Trinajstić information content (AvgIpc) is 3.20. The molecule has 2 saturated carbocycles. The fourth-order valence-electron chi connectivity index (χ4n) is 1.66. The quantitative estimate of drug-likeness (QED) is 0.745. The van der Waals surface area contributed by atoms with Gasteiger partial charge in [0.15, 0.2) is 0 Å². The molecule has 1 aromatic heterocycles. The summed E-state index contributed by atoms with van der Waals surface area (Å²) < 4.78 is 5.10. The van der Waals surface area contributed by atoms with Crippen molar-refractivity contribution in [1.82, 2.24) is 15.5 Å². The number of carbonyl (C=O) groups excluding carboxylic acids is 1. The van der Waals surface area contributed by atoms with Crippen LogP contribution in [-0.2, 0) is 5.41 Å². The van der Waals surface area contributed by atoms with Crippen LogP contribution in [0.2, 0.25) is 0 Å². The number of hydrogen-bond donors (Lipinski definition) is 2. The minimum Gasteiger partial charge on any atom is -0.346 e. The molecule has 2 aliphatic rings. The Kier molecular flexibility index (Phi) is 2.00. The Balaban J connectivity index is 1.74. The normalized spacial score (nSPS) is 21.8. The molecule has 0 aliphatic heterocycles. The van der Waals surface area contributed by atoms with Gasteiger partial charge in [0.05, 0.1) is 5.41 Å². The van der Waals surface area contributed by atoms with E-state index in [2.05, 4.69) is 15.5 Å². The van der Waals surface area contributed by atoms with E-state index in [4.69, 9.17) is 10.3 Å². The van der Waals surface area contributed by atoms with Crippen molar-refractivity contribution in [3.05, 3.63) is 11.7 Å². The molecule has 1 aromatic rings. The highest BCUT2D eigenvalue weighted by Crippen LogP contribution is 2.46. The third kappa shape index (κ3) is 1.59. The molecule has 0 radical (unpaired) electrons. The maximum Gasteiger partial charge on any atom is 0.292 e. The largest absolute Gasteiger partial charge is 0.346 e. The van der Waals surface area contributed by atoms with Crippen molar-refractivity contribution < 1.29 is 9.32 Å². The third-order valence-electron chi connectivity index (χ3n) is 3.24. The topological polar surface area (TPSA) is 94.0 Å². The van der Waals surface area contributed by atoms with Crippen LogP contribution in [0.1, 0.15) is 42.2 Å². The molecule has 16 heavy (non-hydrogen) atoms. The highest BCUT2D eigenvalue weighted by molar-refractivity contribution is 5.90. The Morgan fingerprint density at radius 1 is 1.56 bits per heavy atom. The summed E-state index contributed by atoms with van der Waals surface area (Å²) >= 11 is 0. The van der Waals surface area contributed by atoms with E-state index in [-0.39, 0.29) is 17.1 Å². The fourth-order valence-corrected chi connectivity index (χ4v) is 1.66. The van der Waals surface area contributed by atoms with Crippen LogP contribution in [0.3, 0.4) is 0 Å². The van der Waals surface area contributed by atoms with Gasteiger partial charge in [0.25, 0.3) is 11.7 Å². The first-order chi connectivity index (χ1) is 7.73. The van der Waals surface area contributed by atoms with Gasteiger partial charge >= 0.3 is 0 Å². The molecule has 3 rings (SSSR count). The third-order valence-corrected chi connectivity index (χ3v) is 3.24. The first kappa shape index (κ1) is 9.77. The number of aromatic nitrogens is 2. The van der Waals surface area contributed by atoms with Gasteiger partial charge in [0.2, 0.25) is 5.89 Å². The van der Waals surface area contributed by atoms with E-state index in [0.29, 0.717) is 18.5 Å². The Morgan fingerprint density at radius 3 is 2.88 bits per heavy atom. The van der Waals surface area contributed by atoms with E-state index < -0.39 is 0 Å². The lowest BCUT2D eigenvalue weighted by atomic mass is 10.1. The Morgan fingerprint density at radius 2 is 2.31 bits per heavy atom. The predicted octanol–water partition coefficient (Wildman–Crippen LogP) is -0.0479. The van der Waals surface area contributed by atoms with Crippen molar-refractivity contribution in [2.45, 2.75) is 37.1 Å². The molecule has 0 bridgehead atoms. The van der Waals surface area contributed by atoms with Gasteiger partial charge in [0.1, 0.15) is 0 Å². The summed E-state index contributed by atoms with van der Waals surface area (Å²) in [7, 11) is 0. The molecular weight excluding hydrogens is 208 g/mol. The van der Waals surface area contributed by atoms with Gasteiger partial charge in [-0.1, -0.05) is 5.16 Å². The molecule has 6 heteroatoms. The van der Waals surface area contributed by atoms with Gasteiger partial charge in [-0.25, -0.2) is 0 Å². The lowest BCUT2D eigenvalue weighted by Gasteiger charge is -2.03. The van der Waals surface area contributed by atoms with Gasteiger partial charge in [-0.3, -0.25) is 4.79 Å². The summed E-state index contributed by atoms with van der Waals surface area (Å²) in [5.41, 5.74) is 5.50. The monoisotopic (exact) mass is 222 g/mol. The van der Waals surface area contributed by atoms with Crippen molar-refractivity contribution >= 4 is 5.91 Å². The summed E-state index contributed by atoms with van der Waals surface area (Å²) in [6.45, 7) is 0.499. The SMILES string of the molecule is NCC1(c2nc(C(=O)NC3CC3)no2)CC1. The van der Waals surface area contributed by atoms with Crippen molar-refractivity contribution in [3.8, 4) is 0 Å². The van der Waals surface area contributed by atoms with Crippen LogP contribution in [0, 0.1) is 0 Å². The van der Waals surface area contributed by atoms with Gasteiger partial charge in [0, 0.05) is 12.6 Å². The molecule has 1 heterocycles. The van der Waals surface area contributed by atoms with Crippen LogP contribution in [0.5, 0.6) is 0 Å². The summed E-state index contributed by atoms with van der Waals surface area (Å²) in [6, 6.07) is 0.304. The molecule has 3 N–H and O–H groups in total. The van der Waals surface area contributed by atoms with E-state index in [9.17, 15) is 4.79 Å². The Hall–Kier alpha value is -1.43. The van der Waals surface area contributed by atoms with Crippen LogP contribution in [-0.4, -0.2) is 28.6 Å². The van der Waals surface area contributed by atoms with Gasteiger partial charge < -0.3 is 15.6 Å². The van der Waals surface area contributed by atoms with Gasteiger partial charge in [-0.05, 0) is 25.7 Å². The number of hydrogen-bond acceptors (Lipinski definition) is 5. The molecule has 0 unspecified atom stereocenters. The highest BCUT2D eigenvalue weighted by Gasteiger charge is 2.48. The van der Waals surface area contributed by atoms with E-state index in [1.807, 2.05) is 0 Å². The van der Waals surface area contributed by atoms with Crippen LogP contribution < -0.4 is 11.1 Å². The van der Waals surface area contributed by atoms with Crippen LogP contribution in [0.25, 0.3) is 0 Å². The van der Waals surface area contributed by atoms with E-state index in [1.54, 1.807) is 0 Å². The standard InChI is InChI=1S/C10H14N4O2/c11-5-10(3-4-10)9-13-7(14-16-9)8(15)12-6-1-2-6/h6H,1-5,11H2,(H,12,15). The van der Waals surface area contributed by atoms with Crippen molar-refractivity contribution in [1.29, 1.82) is 0 Å². The van der Waals surface area contributed by atoms with E-state index in [0.717, 1.165) is 25.7 Å². The number of nitrogens with two attached hydrogens (primary N) is 1. The lowest BCUT2D eigenvalue weighted by Crippen LogP contribution is -2.26. The Bertz CT molecular complexity index is 420. The molecule has 0 saturated heterocycles. The van der Waals surface area contributed by atoms with Crippen LogP contribution in [0.4, 0.5) is 0 Å². The van der Waals surface area contributed by atoms with Crippen molar-refractivity contribution in [2.75, 3.05) is 6.54 Å². The van der Waals surface area contributed by atoms with Crippen molar-refractivity contribution in [2.24, 2.45) is 5.73 Å². The number of rotatable bonds is 4. The van der Waals surface area contributed by atoms with Crippen LogP contribution >= 0.6 is 0 Å². The molecule has 0 atom stereocenters. The molecular formula is C10H14N4O2. The maximum atomic E-state index is 11.6. The van der Waals surface area contributed by atoms with E-state index >= 15 is 0 Å². The molecule has 86 valence electrons. The minimum absolute atomic E-state index is 0.127. The molecule has 0 aromatic carbocycles. The second kappa shape index (κ2) is 3.28. The predicted molar refractivity (Wildman–Crippen MR) is 54.8 cm³/mol. The first-order valence-corrected chi connectivity index (χ1v) is 5.59. The van der Waals surface area contributed by atoms with E-state index in [1.165, 1.54) is 0 Å². The highest BCUT2D eigenvalue weighted by atomic mass is 16.5. The number of nitrogens with zero attached hydrogens (tertiary/aromatic N) is 2. The van der Waals surface area contributed by atoms with Crippen LogP contribution in [0.15, 0.2) is 4.52 Å². The minimum atomic E-state index is -0.245. The molecule has 2 aliphatic carbocycles. The van der Waals surface area contributed by atoms with Gasteiger partial charge in [-0.15, -0.1) is 0 Å². The zero-order valence-corrected chi connectivity index (χ0v) is 8.90. The van der Waals surface area contributed by atoms with Gasteiger partial charge in [-0.2, -0.15) is 4.98 Å². The second-order valence-corrected chi connectivity index (χ2v) is 4.66. The second-order valence-electron chi connectivity index (χ2n) is 4.66. The molecule has 0 spiro atoms. The zero-order chi connectivity index (χ0) is 11.2. The summed E-state index contributed by atoms with van der Waals surface area (Å²) in [6.07, 6.45) is 4.02. The number of amides is 1. The molecule has 2 fully saturated rings.